The maximum absolute atomic E-state index is 12.8. The third-order valence-electron chi connectivity index (χ3n) is 11.2. The van der Waals surface area contributed by atoms with Crippen LogP contribution in [0.15, 0.2) is 24.3 Å². The number of allylic oxidation sites excluding steroid dienone is 3. The Labute approximate surface area is 362 Å². The van der Waals surface area contributed by atoms with Crippen LogP contribution in [0.1, 0.15) is 200 Å². The molecule has 14 heteroatoms. The van der Waals surface area contributed by atoms with E-state index in [0.29, 0.717) is 6.42 Å². The van der Waals surface area contributed by atoms with Crippen LogP contribution < -0.4 is 0 Å². The Balaban J connectivity index is 2.49. The van der Waals surface area contributed by atoms with Crippen molar-refractivity contribution < 1.29 is 63.1 Å². The van der Waals surface area contributed by atoms with Crippen molar-refractivity contribution in [3.63, 3.8) is 0 Å². The van der Waals surface area contributed by atoms with E-state index in [1.807, 2.05) is 6.08 Å². The molecular formula is C46H85O13P. The van der Waals surface area contributed by atoms with Gasteiger partial charge in [0.05, 0.1) is 6.61 Å². The van der Waals surface area contributed by atoms with Crippen LogP contribution in [0.25, 0.3) is 0 Å². The van der Waals surface area contributed by atoms with E-state index in [1.54, 1.807) is 6.08 Å². The second kappa shape index (κ2) is 36.8. The molecule has 6 unspecified atom stereocenters. The van der Waals surface area contributed by atoms with Gasteiger partial charge >= 0.3 is 19.8 Å². The summed E-state index contributed by atoms with van der Waals surface area (Å²) in [5, 5.41) is 50.1. The van der Waals surface area contributed by atoms with E-state index in [-0.39, 0.29) is 6.42 Å². The zero-order chi connectivity index (χ0) is 44.3. The highest BCUT2D eigenvalue weighted by Gasteiger charge is 2.51. The molecule has 1 fully saturated rings. The minimum Gasteiger partial charge on any atom is -0.462 e. The molecule has 8 atom stereocenters. The zero-order valence-corrected chi connectivity index (χ0v) is 38.2. The lowest BCUT2D eigenvalue weighted by molar-refractivity contribution is -0.220. The van der Waals surface area contributed by atoms with Crippen molar-refractivity contribution in [3.05, 3.63) is 24.3 Å². The first-order chi connectivity index (χ1) is 28.9. The SMILES string of the molecule is CCCCCCCCCCCCC/C=C/C=C/C(=O)O[C@@H](COC(=O)CCCCCCCCCCCCCCCCCC)COP(=O)(O)OC1C(O)C(O)C(O)[C@H](O)C1O. The third-order valence-corrected chi connectivity index (χ3v) is 12.1. The molecule has 0 spiro atoms. The fourth-order valence-corrected chi connectivity index (χ4v) is 8.29. The molecule has 0 saturated heterocycles. The molecule has 1 rings (SSSR count). The molecular weight excluding hydrogens is 791 g/mol. The molecule has 0 heterocycles. The monoisotopic (exact) mass is 877 g/mol. The van der Waals surface area contributed by atoms with Crippen LogP contribution in [0.5, 0.6) is 0 Å². The average molecular weight is 877 g/mol. The van der Waals surface area contributed by atoms with Crippen molar-refractivity contribution in [2.45, 2.75) is 243 Å². The van der Waals surface area contributed by atoms with Crippen molar-refractivity contribution in [1.29, 1.82) is 0 Å². The van der Waals surface area contributed by atoms with Gasteiger partial charge in [0, 0.05) is 12.5 Å². The lowest BCUT2D eigenvalue weighted by atomic mass is 9.85. The summed E-state index contributed by atoms with van der Waals surface area (Å²) in [6, 6.07) is 0. The van der Waals surface area contributed by atoms with Crippen LogP contribution in [0.2, 0.25) is 0 Å². The van der Waals surface area contributed by atoms with Crippen molar-refractivity contribution >= 4 is 19.8 Å². The number of phosphoric acid groups is 1. The molecule has 0 bridgehead atoms. The summed E-state index contributed by atoms with van der Waals surface area (Å²) in [5.74, 6) is -1.34. The molecule has 0 aliphatic heterocycles. The molecule has 1 saturated carbocycles. The predicted octanol–water partition coefficient (Wildman–Crippen LogP) is 9.23. The van der Waals surface area contributed by atoms with E-state index < -0.39 is 75.7 Å². The van der Waals surface area contributed by atoms with Crippen molar-refractivity contribution in [2.75, 3.05) is 13.2 Å². The van der Waals surface area contributed by atoms with Gasteiger partial charge in [-0.05, 0) is 19.3 Å². The Morgan fingerprint density at radius 1 is 0.550 bits per heavy atom. The molecule has 0 aromatic rings. The molecule has 0 aromatic heterocycles. The van der Waals surface area contributed by atoms with Gasteiger partial charge in [0.15, 0.2) is 6.10 Å². The lowest BCUT2D eigenvalue weighted by Gasteiger charge is -2.41. The number of rotatable bonds is 39. The molecule has 0 amide bonds. The van der Waals surface area contributed by atoms with E-state index in [0.717, 1.165) is 38.5 Å². The number of ether oxygens (including phenoxy) is 2. The summed E-state index contributed by atoms with van der Waals surface area (Å²) in [5.41, 5.74) is 0. The van der Waals surface area contributed by atoms with Crippen LogP contribution in [0.4, 0.5) is 0 Å². The standard InChI is InChI=1S/C46H85O13P/c1-3-5-7-9-11-13-15-17-19-21-22-24-26-28-30-32-34-39(47)56-36-38(37-57-60(54,55)59-46-44(52)42(50)41(49)43(51)45(46)53)58-40(48)35-33-31-29-27-25-23-20-18-16-14-12-10-8-6-4-2/h29,31,33,35,38,41-46,49-53H,3-28,30,32,34,36-37H2,1-2H3,(H,54,55)/b31-29+,35-33+/t38-,41?,42-,43?,44?,45?,46?/m0/s1. The Bertz CT molecular complexity index is 1150. The summed E-state index contributed by atoms with van der Waals surface area (Å²) >= 11 is 0. The van der Waals surface area contributed by atoms with Crippen LogP contribution in [0, 0.1) is 0 Å². The van der Waals surface area contributed by atoms with Crippen molar-refractivity contribution in [3.8, 4) is 0 Å². The topological polar surface area (TPSA) is 210 Å². The van der Waals surface area contributed by atoms with Crippen LogP contribution in [-0.2, 0) is 32.7 Å². The maximum atomic E-state index is 12.8. The summed E-state index contributed by atoms with van der Waals surface area (Å²) in [6.45, 7) is 3.22. The predicted molar refractivity (Wildman–Crippen MR) is 235 cm³/mol. The first-order valence-corrected chi connectivity index (χ1v) is 25.2. The second-order valence-corrected chi connectivity index (χ2v) is 18.1. The van der Waals surface area contributed by atoms with Gasteiger partial charge in [-0.3, -0.25) is 13.8 Å². The number of carbonyl (C=O) groups excluding carboxylic acids is 2. The molecule has 0 aromatic carbocycles. The molecule has 0 radical (unpaired) electrons. The van der Waals surface area contributed by atoms with Crippen LogP contribution >= 0.6 is 7.82 Å². The minimum atomic E-state index is -5.14. The number of hydrogen-bond donors (Lipinski definition) is 6. The van der Waals surface area contributed by atoms with Crippen molar-refractivity contribution in [1.82, 2.24) is 0 Å². The molecule has 1 aliphatic rings. The Morgan fingerprint density at radius 3 is 1.40 bits per heavy atom. The van der Waals surface area contributed by atoms with Gasteiger partial charge in [-0.25, -0.2) is 9.36 Å². The van der Waals surface area contributed by atoms with Crippen LogP contribution in [-0.4, -0.2) is 98.3 Å². The van der Waals surface area contributed by atoms with Gasteiger partial charge in [-0.1, -0.05) is 193 Å². The van der Waals surface area contributed by atoms with Crippen LogP contribution in [0.3, 0.4) is 0 Å². The van der Waals surface area contributed by atoms with E-state index in [4.69, 9.17) is 18.5 Å². The molecule has 1 aliphatic carbocycles. The average Bonchev–Trinajstić information content (AvgIpc) is 3.23. The van der Waals surface area contributed by atoms with Gasteiger partial charge < -0.3 is 39.9 Å². The van der Waals surface area contributed by atoms with E-state index >= 15 is 0 Å². The van der Waals surface area contributed by atoms with E-state index in [2.05, 4.69) is 13.8 Å². The summed E-state index contributed by atoms with van der Waals surface area (Å²) in [4.78, 5) is 35.6. The number of hydrogen-bond acceptors (Lipinski definition) is 12. The summed E-state index contributed by atoms with van der Waals surface area (Å²) in [6.07, 6.45) is 27.2. The largest absolute Gasteiger partial charge is 0.472 e. The highest BCUT2D eigenvalue weighted by atomic mass is 31.2. The van der Waals surface area contributed by atoms with Gasteiger partial charge in [0.25, 0.3) is 0 Å². The Hall–Kier alpha value is -1.67. The minimum absolute atomic E-state index is 0.152. The Morgan fingerprint density at radius 2 is 0.950 bits per heavy atom. The van der Waals surface area contributed by atoms with Gasteiger partial charge in [-0.15, -0.1) is 0 Å². The fourth-order valence-electron chi connectivity index (χ4n) is 7.31. The molecule has 352 valence electrons. The smallest absolute Gasteiger partial charge is 0.462 e. The molecule has 6 N–H and O–H groups in total. The molecule has 13 nitrogen and oxygen atoms in total. The van der Waals surface area contributed by atoms with E-state index in [1.165, 1.54) is 147 Å². The normalized spacial score (nSPS) is 22.3. The van der Waals surface area contributed by atoms with Gasteiger partial charge in [0.2, 0.25) is 0 Å². The quantitative estimate of drug-likeness (QED) is 0.0112. The first kappa shape index (κ1) is 56.3. The second-order valence-electron chi connectivity index (χ2n) is 16.7. The van der Waals surface area contributed by atoms with Gasteiger partial charge in [-0.2, -0.15) is 0 Å². The highest BCUT2D eigenvalue weighted by Crippen LogP contribution is 2.47. The maximum Gasteiger partial charge on any atom is 0.472 e. The number of carbonyl (C=O) groups is 2. The number of aliphatic hydroxyl groups excluding tert-OH is 5. The highest BCUT2D eigenvalue weighted by molar-refractivity contribution is 7.47. The summed E-state index contributed by atoms with van der Waals surface area (Å²) in [7, 11) is -5.14. The Kier molecular flexibility index (Phi) is 34.5. The first-order valence-electron chi connectivity index (χ1n) is 23.7. The number of phosphoric ester groups is 1. The lowest BCUT2D eigenvalue weighted by Crippen LogP contribution is -2.64. The number of esters is 2. The third kappa shape index (κ3) is 28.8. The number of aliphatic hydroxyl groups is 5. The summed E-state index contributed by atoms with van der Waals surface area (Å²) < 4.78 is 33.3. The zero-order valence-electron chi connectivity index (χ0n) is 37.3. The van der Waals surface area contributed by atoms with E-state index in [9.17, 15) is 44.6 Å². The fraction of sp³-hybridized carbons (Fsp3) is 0.870. The number of unbranched alkanes of at least 4 members (excludes halogenated alkanes) is 26. The van der Waals surface area contributed by atoms with Gasteiger partial charge in [0.1, 0.15) is 43.2 Å². The molecule has 60 heavy (non-hydrogen) atoms. The van der Waals surface area contributed by atoms with Crippen molar-refractivity contribution in [2.24, 2.45) is 0 Å².